The lowest BCUT2D eigenvalue weighted by atomic mass is 9.98. The third-order valence-electron chi connectivity index (χ3n) is 4.41. The Morgan fingerprint density at radius 1 is 1.24 bits per heavy atom. The number of carbonyl (C=O) groups is 1. The molecule has 5 nitrogen and oxygen atoms in total. The van der Waals surface area contributed by atoms with E-state index in [0.29, 0.717) is 12.0 Å². The minimum absolute atomic E-state index is 0.155. The number of nitrogens with zero attached hydrogens (tertiary/aromatic N) is 2. The van der Waals surface area contributed by atoms with Gasteiger partial charge in [0.15, 0.2) is 0 Å². The zero-order chi connectivity index (χ0) is 15.5. The van der Waals surface area contributed by atoms with Crippen LogP contribution in [0.4, 0.5) is 4.79 Å². The van der Waals surface area contributed by atoms with Crippen LogP contribution in [0.5, 0.6) is 0 Å². The largest absolute Gasteiger partial charge is 0.444 e. The number of amides is 1. The van der Waals surface area contributed by atoms with Gasteiger partial charge in [-0.2, -0.15) is 0 Å². The van der Waals surface area contributed by atoms with Gasteiger partial charge in [-0.1, -0.05) is 0 Å². The van der Waals surface area contributed by atoms with E-state index in [2.05, 4.69) is 4.90 Å². The van der Waals surface area contributed by atoms with Crippen LogP contribution in [-0.2, 0) is 4.74 Å². The van der Waals surface area contributed by atoms with Crippen LogP contribution < -0.4 is 5.73 Å². The van der Waals surface area contributed by atoms with E-state index in [4.69, 9.17) is 10.5 Å². The van der Waals surface area contributed by atoms with Crippen molar-refractivity contribution in [2.45, 2.75) is 58.1 Å². The van der Waals surface area contributed by atoms with Gasteiger partial charge in [0.25, 0.3) is 0 Å². The van der Waals surface area contributed by atoms with Crippen LogP contribution >= 0.6 is 0 Å². The molecule has 0 aromatic carbocycles. The van der Waals surface area contributed by atoms with Gasteiger partial charge in [-0.25, -0.2) is 4.79 Å². The summed E-state index contributed by atoms with van der Waals surface area (Å²) < 4.78 is 5.53. The van der Waals surface area contributed by atoms with E-state index in [1.807, 2.05) is 25.7 Å². The number of hydrogen-bond donors (Lipinski definition) is 1. The molecule has 2 heterocycles. The molecule has 0 bridgehead atoms. The third-order valence-corrected chi connectivity index (χ3v) is 4.41. The molecule has 2 fully saturated rings. The highest BCUT2D eigenvalue weighted by molar-refractivity contribution is 5.69. The predicted octanol–water partition coefficient (Wildman–Crippen LogP) is 2.06. The van der Waals surface area contributed by atoms with E-state index in [1.54, 1.807) is 0 Å². The maximum absolute atomic E-state index is 12.3. The molecule has 5 heteroatoms. The van der Waals surface area contributed by atoms with Gasteiger partial charge in [-0.15, -0.1) is 0 Å². The first kappa shape index (κ1) is 16.6. The third kappa shape index (κ3) is 4.85. The number of nitrogens with two attached hydrogens (primary N) is 1. The van der Waals surface area contributed by atoms with Gasteiger partial charge < -0.3 is 20.3 Å². The van der Waals surface area contributed by atoms with Gasteiger partial charge in [0.1, 0.15) is 5.60 Å². The van der Waals surface area contributed by atoms with Crippen molar-refractivity contribution in [2.75, 3.05) is 32.7 Å². The second-order valence-electron chi connectivity index (χ2n) is 7.47. The first-order valence-corrected chi connectivity index (χ1v) is 8.31. The highest BCUT2D eigenvalue weighted by Crippen LogP contribution is 2.23. The van der Waals surface area contributed by atoms with Gasteiger partial charge in [-0.05, 0) is 65.5 Å². The molecule has 1 unspecified atom stereocenters. The minimum Gasteiger partial charge on any atom is -0.444 e. The highest BCUT2D eigenvalue weighted by atomic mass is 16.6. The molecule has 0 aromatic rings. The molecule has 2 aliphatic heterocycles. The molecule has 21 heavy (non-hydrogen) atoms. The van der Waals surface area contributed by atoms with Crippen molar-refractivity contribution < 1.29 is 9.53 Å². The van der Waals surface area contributed by atoms with Crippen molar-refractivity contribution in [3.05, 3.63) is 0 Å². The van der Waals surface area contributed by atoms with Crippen LogP contribution in [0.1, 0.15) is 46.5 Å². The van der Waals surface area contributed by atoms with E-state index >= 15 is 0 Å². The fourth-order valence-corrected chi connectivity index (χ4v) is 3.39. The van der Waals surface area contributed by atoms with Crippen molar-refractivity contribution in [1.29, 1.82) is 0 Å². The maximum atomic E-state index is 12.3. The first-order valence-electron chi connectivity index (χ1n) is 8.31. The second kappa shape index (κ2) is 6.97. The number of piperidine rings is 1. The standard InChI is InChI=1S/C16H31N3O2/c1-16(2,3)21-15(20)19-9-5-7-14(19)12-18-8-4-6-13(10-17)11-18/h13-14H,4-12,17H2,1-3H3/t13?,14-/m1/s1. The normalized spacial score (nSPS) is 27.9. The molecule has 0 aromatic heterocycles. The van der Waals surface area contributed by atoms with Crippen LogP contribution in [0, 0.1) is 5.92 Å². The molecule has 2 rings (SSSR count). The molecule has 2 atom stereocenters. The second-order valence-corrected chi connectivity index (χ2v) is 7.47. The van der Waals surface area contributed by atoms with Crippen molar-refractivity contribution in [1.82, 2.24) is 9.80 Å². The first-order chi connectivity index (χ1) is 9.89. The molecular formula is C16H31N3O2. The topological polar surface area (TPSA) is 58.8 Å². The summed E-state index contributed by atoms with van der Waals surface area (Å²) in [5, 5.41) is 0. The quantitative estimate of drug-likeness (QED) is 0.866. The molecule has 1 amide bonds. The van der Waals surface area contributed by atoms with Crippen LogP contribution in [0.2, 0.25) is 0 Å². The Hall–Kier alpha value is -0.810. The molecule has 2 aliphatic rings. The van der Waals surface area contributed by atoms with Crippen molar-refractivity contribution in [2.24, 2.45) is 11.7 Å². The number of likely N-dealkylation sites (tertiary alicyclic amines) is 2. The SMILES string of the molecule is CC(C)(C)OC(=O)N1CCC[C@@H]1CN1CCCC(CN)C1. The lowest BCUT2D eigenvalue weighted by molar-refractivity contribution is 0.0182. The fraction of sp³-hybridized carbons (Fsp3) is 0.938. The van der Waals surface area contributed by atoms with E-state index in [0.717, 1.165) is 45.6 Å². The molecule has 2 N–H and O–H groups in total. The summed E-state index contributed by atoms with van der Waals surface area (Å²) in [6.07, 6.45) is 4.48. The Morgan fingerprint density at radius 3 is 2.62 bits per heavy atom. The highest BCUT2D eigenvalue weighted by Gasteiger charge is 2.33. The maximum Gasteiger partial charge on any atom is 0.410 e. The van der Waals surface area contributed by atoms with Gasteiger partial charge in [0.2, 0.25) is 0 Å². The zero-order valence-corrected chi connectivity index (χ0v) is 13.8. The van der Waals surface area contributed by atoms with Crippen molar-refractivity contribution >= 4 is 6.09 Å². The summed E-state index contributed by atoms with van der Waals surface area (Å²) in [6.45, 7) is 10.6. The van der Waals surface area contributed by atoms with Crippen LogP contribution in [0.25, 0.3) is 0 Å². The Bertz CT molecular complexity index is 354. The Morgan fingerprint density at radius 2 is 1.95 bits per heavy atom. The number of ether oxygens (including phenoxy) is 1. The Labute approximate surface area is 128 Å². The summed E-state index contributed by atoms with van der Waals surface area (Å²) in [6, 6.07) is 0.302. The minimum atomic E-state index is -0.417. The van der Waals surface area contributed by atoms with Crippen LogP contribution in [0.15, 0.2) is 0 Å². The summed E-state index contributed by atoms with van der Waals surface area (Å²) >= 11 is 0. The fourth-order valence-electron chi connectivity index (χ4n) is 3.39. The van der Waals surface area contributed by atoms with Crippen molar-refractivity contribution in [3.8, 4) is 0 Å². The summed E-state index contributed by atoms with van der Waals surface area (Å²) in [4.78, 5) is 16.7. The summed E-state index contributed by atoms with van der Waals surface area (Å²) in [7, 11) is 0. The number of carbonyl (C=O) groups excluding carboxylic acids is 1. The van der Waals surface area contributed by atoms with Crippen LogP contribution in [-0.4, -0.2) is 60.3 Å². The van der Waals surface area contributed by atoms with Crippen LogP contribution in [0.3, 0.4) is 0 Å². The summed E-state index contributed by atoms with van der Waals surface area (Å²) in [5.41, 5.74) is 5.39. The Balaban J connectivity index is 1.88. The Kier molecular flexibility index (Phi) is 5.49. The number of rotatable bonds is 3. The summed E-state index contributed by atoms with van der Waals surface area (Å²) in [5.74, 6) is 0.620. The van der Waals surface area contributed by atoms with Gasteiger partial charge in [0, 0.05) is 25.7 Å². The molecule has 2 saturated heterocycles. The van der Waals surface area contributed by atoms with Gasteiger partial charge in [0.05, 0.1) is 0 Å². The average molecular weight is 297 g/mol. The predicted molar refractivity (Wildman–Crippen MR) is 84.2 cm³/mol. The smallest absolute Gasteiger partial charge is 0.410 e. The molecule has 0 saturated carbocycles. The average Bonchev–Trinajstić information content (AvgIpc) is 2.85. The molecule has 0 radical (unpaired) electrons. The molecular weight excluding hydrogens is 266 g/mol. The van der Waals surface area contributed by atoms with E-state index in [1.165, 1.54) is 12.8 Å². The monoisotopic (exact) mass is 297 g/mol. The van der Waals surface area contributed by atoms with E-state index < -0.39 is 5.60 Å². The van der Waals surface area contributed by atoms with Gasteiger partial charge in [-0.3, -0.25) is 0 Å². The molecule has 0 aliphatic carbocycles. The molecule has 0 spiro atoms. The molecule has 122 valence electrons. The number of hydrogen-bond acceptors (Lipinski definition) is 4. The van der Waals surface area contributed by atoms with E-state index in [-0.39, 0.29) is 6.09 Å². The zero-order valence-electron chi connectivity index (χ0n) is 13.8. The van der Waals surface area contributed by atoms with Crippen molar-refractivity contribution in [3.63, 3.8) is 0 Å². The van der Waals surface area contributed by atoms with E-state index in [9.17, 15) is 4.79 Å². The lowest BCUT2D eigenvalue weighted by Crippen LogP contribution is -2.48. The van der Waals surface area contributed by atoms with Gasteiger partial charge >= 0.3 is 6.09 Å². The lowest BCUT2D eigenvalue weighted by Gasteiger charge is -2.36.